The number of nitrogens with zero attached hydrogens (tertiary/aromatic N) is 1. The summed E-state index contributed by atoms with van der Waals surface area (Å²) in [6, 6.07) is 4.75. The summed E-state index contributed by atoms with van der Waals surface area (Å²) < 4.78 is 0. The number of aliphatic carboxylic acids is 1. The number of benzene rings is 1. The van der Waals surface area contributed by atoms with Crippen molar-refractivity contribution in [3.05, 3.63) is 33.8 Å². The number of carboxylic acid groups (broad SMARTS) is 1. The molecule has 1 saturated carbocycles. The van der Waals surface area contributed by atoms with E-state index in [9.17, 15) is 14.7 Å². The molecule has 1 heterocycles. The molecule has 0 aromatic heterocycles. The fourth-order valence-corrected chi connectivity index (χ4v) is 3.73. The molecule has 1 aliphatic heterocycles. The Kier molecular flexibility index (Phi) is 4.33. The van der Waals surface area contributed by atoms with Gasteiger partial charge in [-0.05, 0) is 43.2 Å². The number of likely N-dealkylation sites (tertiary alicyclic amines) is 1. The van der Waals surface area contributed by atoms with Gasteiger partial charge in [0.2, 0.25) is 5.91 Å². The Labute approximate surface area is 139 Å². The van der Waals surface area contributed by atoms with Crippen LogP contribution in [0.2, 0.25) is 10.0 Å². The first-order valence-corrected chi connectivity index (χ1v) is 8.23. The molecule has 3 rings (SSSR count). The van der Waals surface area contributed by atoms with Crippen LogP contribution in [-0.4, -0.2) is 34.5 Å². The summed E-state index contributed by atoms with van der Waals surface area (Å²) in [5.74, 6) is -1.09. The largest absolute Gasteiger partial charge is 0.480 e. The Morgan fingerprint density at radius 1 is 1.23 bits per heavy atom. The van der Waals surface area contributed by atoms with Gasteiger partial charge in [0.05, 0.1) is 10.0 Å². The Morgan fingerprint density at radius 3 is 2.73 bits per heavy atom. The third kappa shape index (κ3) is 2.82. The summed E-state index contributed by atoms with van der Waals surface area (Å²) in [6.45, 7) is 0.530. The number of amides is 1. The molecule has 118 valence electrons. The summed E-state index contributed by atoms with van der Waals surface area (Å²) >= 11 is 12.2. The first-order valence-electron chi connectivity index (χ1n) is 7.48. The van der Waals surface area contributed by atoms with Crippen molar-refractivity contribution in [1.29, 1.82) is 0 Å². The van der Waals surface area contributed by atoms with E-state index in [-0.39, 0.29) is 17.7 Å². The highest BCUT2D eigenvalue weighted by Crippen LogP contribution is 2.51. The molecule has 1 aliphatic carbocycles. The molecular weight excluding hydrogens is 325 g/mol. The first kappa shape index (κ1) is 15.6. The van der Waals surface area contributed by atoms with Gasteiger partial charge in [0.15, 0.2) is 0 Å². The second kappa shape index (κ2) is 6.09. The van der Waals surface area contributed by atoms with Gasteiger partial charge in [0, 0.05) is 12.5 Å². The zero-order chi connectivity index (χ0) is 15.9. The molecule has 1 amide bonds. The van der Waals surface area contributed by atoms with Crippen LogP contribution in [0.25, 0.3) is 0 Å². The highest BCUT2D eigenvalue weighted by atomic mass is 35.5. The van der Waals surface area contributed by atoms with Crippen molar-refractivity contribution in [2.75, 3.05) is 6.54 Å². The molecule has 1 saturated heterocycles. The molecule has 0 radical (unpaired) electrons. The summed E-state index contributed by atoms with van der Waals surface area (Å²) in [4.78, 5) is 25.5. The fraction of sp³-hybridized carbons (Fsp3) is 0.500. The van der Waals surface area contributed by atoms with E-state index in [1.807, 2.05) is 12.1 Å². The minimum absolute atomic E-state index is 0.0510. The van der Waals surface area contributed by atoms with E-state index in [1.165, 1.54) is 4.90 Å². The van der Waals surface area contributed by atoms with E-state index >= 15 is 0 Å². The maximum absolute atomic E-state index is 12.6. The summed E-state index contributed by atoms with van der Waals surface area (Å²) in [5, 5.41) is 10.3. The topological polar surface area (TPSA) is 57.6 Å². The van der Waals surface area contributed by atoms with E-state index in [1.54, 1.807) is 6.07 Å². The van der Waals surface area contributed by atoms with Crippen molar-refractivity contribution < 1.29 is 14.7 Å². The summed E-state index contributed by atoms with van der Waals surface area (Å²) in [7, 11) is 0. The van der Waals surface area contributed by atoms with Gasteiger partial charge >= 0.3 is 5.97 Å². The smallest absolute Gasteiger partial charge is 0.326 e. The molecule has 3 atom stereocenters. The minimum Gasteiger partial charge on any atom is -0.480 e. The van der Waals surface area contributed by atoms with E-state index < -0.39 is 12.0 Å². The minimum atomic E-state index is -0.911. The van der Waals surface area contributed by atoms with Gasteiger partial charge in [-0.2, -0.15) is 0 Å². The molecule has 2 fully saturated rings. The Bertz CT molecular complexity index is 619. The third-order valence-electron chi connectivity index (χ3n) is 4.56. The number of halogens is 2. The molecule has 1 aromatic rings. The summed E-state index contributed by atoms with van der Waals surface area (Å²) in [6.07, 6.45) is 2.97. The highest BCUT2D eigenvalue weighted by Gasteiger charge is 2.48. The van der Waals surface area contributed by atoms with Crippen molar-refractivity contribution in [2.24, 2.45) is 5.92 Å². The van der Waals surface area contributed by atoms with E-state index in [0.29, 0.717) is 29.4 Å². The SMILES string of the molecule is O=C(O)C1CCCCN1C(=O)C1CC1c1cccc(Cl)c1Cl. The lowest BCUT2D eigenvalue weighted by Crippen LogP contribution is -2.48. The fourth-order valence-electron chi connectivity index (χ4n) is 3.28. The molecule has 6 heteroatoms. The molecular formula is C16H17Cl2NO3. The zero-order valence-electron chi connectivity index (χ0n) is 12.0. The van der Waals surface area contributed by atoms with E-state index in [2.05, 4.69) is 0 Å². The number of hydrogen-bond acceptors (Lipinski definition) is 2. The van der Waals surface area contributed by atoms with Crippen LogP contribution in [-0.2, 0) is 9.59 Å². The van der Waals surface area contributed by atoms with Gasteiger partial charge in [0.1, 0.15) is 6.04 Å². The van der Waals surface area contributed by atoms with Gasteiger partial charge in [-0.3, -0.25) is 4.79 Å². The van der Waals surface area contributed by atoms with Crippen LogP contribution in [0.5, 0.6) is 0 Å². The predicted octanol–water partition coefficient (Wildman–Crippen LogP) is 3.56. The molecule has 1 aromatic carbocycles. The Balaban J connectivity index is 1.74. The Hall–Kier alpha value is -1.26. The highest BCUT2D eigenvalue weighted by molar-refractivity contribution is 6.42. The van der Waals surface area contributed by atoms with Gasteiger partial charge < -0.3 is 10.0 Å². The number of hydrogen-bond donors (Lipinski definition) is 1. The molecule has 4 nitrogen and oxygen atoms in total. The standard InChI is InChI=1S/C16H17Cl2NO3/c17-12-5-3-4-9(14(12)18)10-8-11(10)15(20)19-7-2-1-6-13(19)16(21)22/h3-5,10-11,13H,1-2,6-8H2,(H,21,22). The summed E-state index contributed by atoms with van der Waals surface area (Å²) in [5.41, 5.74) is 0.886. The quantitative estimate of drug-likeness (QED) is 0.914. The lowest BCUT2D eigenvalue weighted by atomic mass is 10.0. The van der Waals surface area contributed by atoms with Crippen LogP contribution < -0.4 is 0 Å². The number of rotatable bonds is 3. The lowest BCUT2D eigenvalue weighted by molar-refractivity contribution is -0.152. The van der Waals surface area contributed by atoms with Crippen LogP contribution >= 0.6 is 23.2 Å². The average Bonchev–Trinajstić information content (AvgIpc) is 3.29. The van der Waals surface area contributed by atoms with Gasteiger partial charge in [-0.25, -0.2) is 4.79 Å². The van der Waals surface area contributed by atoms with Crippen molar-refractivity contribution in [1.82, 2.24) is 4.90 Å². The molecule has 22 heavy (non-hydrogen) atoms. The second-order valence-electron chi connectivity index (χ2n) is 5.97. The Morgan fingerprint density at radius 2 is 2.00 bits per heavy atom. The monoisotopic (exact) mass is 341 g/mol. The zero-order valence-corrected chi connectivity index (χ0v) is 13.5. The van der Waals surface area contributed by atoms with Crippen molar-refractivity contribution in [3.63, 3.8) is 0 Å². The van der Waals surface area contributed by atoms with Gasteiger partial charge in [-0.15, -0.1) is 0 Å². The molecule has 0 bridgehead atoms. The number of carbonyl (C=O) groups is 2. The molecule has 2 aliphatic rings. The van der Waals surface area contributed by atoms with Crippen LogP contribution in [0.1, 0.15) is 37.2 Å². The first-order chi connectivity index (χ1) is 10.5. The number of piperidine rings is 1. The lowest BCUT2D eigenvalue weighted by Gasteiger charge is -2.33. The number of carbonyl (C=O) groups excluding carboxylic acids is 1. The molecule has 0 spiro atoms. The maximum Gasteiger partial charge on any atom is 0.326 e. The van der Waals surface area contributed by atoms with Crippen molar-refractivity contribution >= 4 is 35.1 Å². The van der Waals surface area contributed by atoms with Crippen LogP contribution in [0.4, 0.5) is 0 Å². The van der Waals surface area contributed by atoms with Crippen LogP contribution in [0.3, 0.4) is 0 Å². The van der Waals surface area contributed by atoms with Gasteiger partial charge in [-0.1, -0.05) is 35.3 Å². The van der Waals surface area contributed by atoms with Crippen LogP contribution in [0, 0.1) is 5.92 Å². The average molecular weight is 342 g/mol. The van der Waals surface area contributed by atoms with Crippen LogP contribution in [0.15, 0.2) is 18.2 Å². The number of carboxylic acids is 1. The van der Waals surface area contributed by atoms with Gasteiger partial charge in [0.25, 0.3) is 0 Å². The van der Waals surface area contributed by atoms with E-state index in [0.717, 1.165) is 18.4 Å². The molecule has 1 N–H and O–H groups in total. The predicted molar refractivity (Wildman–Crippen MR) is 84.3 cm³/mol. The maximum atomic E-state index is 12.6. The third-order valence-corrected chi connectivity index (χ3v) is 5.39. The molecule has 3 unspecified atom stereocenters. The van der Waals surface area contributed by atoms with Crippen molar-refractivity contribution in [3.8, 4) is 0 Å². The second-order valence-corrected chi connectivity index (χ2v) is 6.76. The normalized spacial score (nSPS) is 27.5. The van der Waals surface area contributed by atoms with E-state index in [4.69, 9.17) is 23.2 Å². The van der Waals surface area contributed by atoms with Crippen molar-refractivity contribution in [2.45, 2.75) is 37.6 Å².